The Kier molecular flexibility index (Phi) is 8.75. The number of carbonyl (C=O) groups is 1. The Bertz CT molecular complexity index is 1350. The van der Waals surface area contributed by atoms with Crippen molar-refractivity contribution in [2.45, 2.75) is 33.2 Å². The number of hydrogen-bond donors (Lipinski definition) is 0. The van der Waals surface area contributed by atoms with E-state index in [0.29, 0.717) is 31.2 Å². The zero-order valence-corrected chi connectivity index (χ0v) is 21.4. The summed E-state index contributed by atoms with van der Waals surface area (Å²) in [5.41, 5.74) is 2.61. The molecule has 0 bridgehead atoms. The van der Waals surface area contributed by atoms with Gasteiger partial charge < -0.3 is 23.5 Å². The van der Waals surface area contributed by atoms with Gasteiger partial charge in [-0.15, -0.1) is 13.2 Å². The van der Waals surface area contributed by atoms with Gasteiger partial charge in [0, 0.05) is 25.1 Å². The number of ether oxygens (including phenoxy) is 3. The predicted molar refractivity (Wildman–Crippen MR) is 138 cm³/mol. The highest BCUT2D eigenvalue weighted by Crippen LogP contribution is 2.25. The zero-order chi connectivity index (χ0) is 27.8. The van der Waals surface area contributed by atoms with Crippen LogP contribution in [0, 0.1) is 6.92 Å². The number of aryl methyl sites for hydroxylation is 1. The largest absolute Gasteiger partial charge is 0.573 e. The molecule has 0 aliphatic carbocycles. The van der Waals surface area contributed by atoms with Crippen molar-refractivity contribution in [2.75, 3.05) is 13.2 Å². The van der Waals surface area contributed by atoms with Crippen LogP contribution in [0.3, 0.4) is 0 Å². The van der Waals surface area contributed by atoms with E-state index in [1.54, 1.807) is 6.92 Å². The fraction of sp³-hybridized carbons (Fsp3) is 0.241. The predicted octanol–water partition coefficient (Wildman–Crippen LogP) is 7.19. The van der Waals surface area contributed by atoms with Gasteiger partial charge in [-0.1, -0.05) is 30.3 Å². The Balaban J connectivity index is 1.26. The minimum absolute atomic E-state index is 0.106. The molecular formula is C29H27F3N2O5. The third kappa shape index (κ3) is 8.00. The van der Waals surface area contributed by atoms with Gasteiger partial charge in [-0.25, -0.2) is 9.78 Å². The van der Waals surface area contributed by atoms with Gasteiger partial charge in [-0.3, -0.25) is 0 Å². The van der Waals surface area contributed by atoms with E-state index in [1.165, 1.54) is 17.0 Å². The van der Waals surface area contributed by atoms with Crippen LogP contribution in [0.1, 0.15) is 23.9 Å². The normalized spacial score (nSPS) is 11.2. The molecule has 1 heterocycles. The highest BCUT2D eigenvalue weighted by molar-refractivity contribution is 5.70. The number of halogens is 3. The number of aromatic nitrogens is 1. The lowest BCUT2D eigenvalue weighted by atomic mass is 10.2. The summed E-state index contributed by atoms with van der Waals surface area (Å²) in [6, 6.07) is 21.7. The molecule has 4 aromatic rings. The third-order valence-corrected chi connectivity index (χ3v) is 5.72. The second kappa shape index (κ2) is 12.4. The van der Waals surface area contributed by atoms with Gasteiger partial charge in [0.2, 0.25) is 5.89 Å². The molecule has 0 aliphatic heterocycles. The van der Waals surface area contributed by atoms with Crippen LogP contribution in [0.5, 0.6) is 17.2 Å². The molecule has 1 amide bonds. The van der Waals surface area contributed by atoms with Crippen LogP contribution in [-0.2, 0) is 13.0 Å². The minimum Gasteiger partial charge on any atom is -0.493 e. The Morgan fingerprint density at radius 1 is 0.923 bits per heavy atom. The van der Waals surface area contributed by atoms with Crippen molar-refractivity contribution in [3.05, 3.63) is 95.9 Å². The standard InChI is InChI=1S/C29H27F3N2O5/c1-3-34(28(35)38-24-13-15-25(16-14-24)39-29(30,31)32)19-21-9-11-23(12-10-21)36-18-17-26-20(2)37-27(33-26)22-7-5-4-6-8-22/h4-16H,3,17-19H2,1-2H3. The fourth-order valence-electron chi connectivity index (χ4n) is 3.72. The van der Waals surface area contributed by atoms with Crippen LogP contribution in [0.25, 0.3) is 11.5 Å². The second-order valence-electron chi connectivity index (χ2n) is 8.53. The molecule has 4 rings (SSSR count). The van der Waals surface area contributed by atoms with Gasteiger partial charge in [-0.05, 0) is 67.9 Å². The number of carbonyl (C=O) groups excluding carboxylic acids is 1. The molecule has 0 saturated carbocycles. The summed E-state index contributed by atoms with van der Waals surface area (Å²) in [7, 11) is 0. The Morgan fingerprint density at radius 3 is 2.21 bits per heavy atom. The monoisotopic (exact) mass is 540 g/mol. The van der Waals surface area contributed by atoms with Crippen LogP contribution >= 0.6 is 0 Å². The van der Waals surface area contributed by atoms with E-state index < -0.39 is 18.2 Å². The van der Waals surface area contributed by atoms with E-state index >= 15 is 0 Å². The van der Waals surface area contributed by atoms with Crippen LogP contribution in [0.2, 0.25) is 0 Å². The average molecular weight is 541 g/mol. The lowest BCUT2D eigenvalue weighted by molar-refractivity contribution is -0.274. The van der Waals surface area contributed by atoms with E-state index in [9.17, 15) is 18.0 Å². The molecule has 7 nitrogen and oxygen atoms in total. The highest BCUT2D eigenvalue weighted by Gasteiger charge is 2.31. The van der Waals surface area contributed by atoms with Gasteiger partial charge in [0.1, 0.15) is 23.0 Å². The van der Waals surface area contributed by atoms with Gasteiger partial charge in [0.15, 0.2) is 0 Å². The van der Waals surface area contributed by atoms with Crippen molar-refractivity contribution in [2.24, 2.45) is 0 Å². The molecule has 3 aromatic carbocycles. The van der Waals surface area contributed by atoms with E-state index in [1.807, 2.05) is 61.5 Å². The summed E-state index contributed by atoms with van der Waals surface area (Å²) in [5.74, 6) is 1.72. The summed E-state index contributed by atoms with van der Waals surface area (Å²) in [6.07, 6.45) is -4.83. The first-order valence-corrected chi connectivity index (χ1v) is 12.3. The smallest absolute Gasteiger partial charge is 0.493 e. The van der Waals surface area contributed by atoms with Crippen LogP contribution in [0.4, 0.5) is 18.0 Å². The second-order valence-corrected chi connectivity index (χ2v) is 8.53. The molecule has 0 saturated heterocycles. The van der Waals surface area contributed by atoms with Crippen molar-refractivity contribution in [1.29, 1.82) is 0 Å². The van der Waals surface area contributed by atoms with Crippen molar-refractivity contribution in [1.82, 2.24) is 9.88 Å². The van der Waals surface area contributed by atoms with Gasteiger partial charge >= 0.3 is 12.5 Å². The van der Waals surface area contributed by atoms with Crippen LogP contribution in [0.15, 0.2) is 83.3 Å². The van der Waals surface area contributed by atoms with Crippen molar-refractivity contribution >= 4 is 6.09 Å². The molecule has 1 aromatic heterocycles. The van der Waals surface area contributed by atoms with E-state index in [-0.39, 0.29) is 12.3 Å². The molecular weight excluding hydrogens is 513 g/mol. The number of benzene rings is 3. The molecule has 0 atom stereocenters. The number of nitrogens with zero attached hydrogens (tertiary/aromatic N) is 2. The quantitative estimate of drug-likeness (QED) is 0.212. The minimum atomic E-state index is -4.79. The van der Waals surface area contributed by atoms with Crippen molar-refractivity contribution in [3.8, 4) is 28.7 Å². The SMILES string of the molecule is CCN(Cc1ccc(OCCc2nc(-c3ccccc3)oc2C)cc1)C(=O)Oc1ccc(OC(F)(F)F)cc1. The van der Waals surface area contributed by atoms with E-state index in [2.05, 4.69) is 9.72 Å². The van der Waals surface area contributed by atoms with Gasteiger partial charge in [0.05, 0.1) is 12.3 Å². The van der Waals surface area contributed by atoms with E-state index in [4.69, 9.17) is 13.9 Å². The molecule has 10 heteroatoms. The van der Waals surface area contributed by atoms with E-state index in [0.717, 1.165) is 34.7 Å². The van der Waals surface area contributed by atoms with Gasteiger partial charge in [0.25, 0.3) is 0 Å². The molecule has 0 aliphatic rings. The zero-order valence-electron chi connectivity index (χ0n) is 21.4. The fourth-order valence-corrected chi connectivity index (χ4v) is 3.72. The number of hydrogen-bond acceptors (Lipinski definition) is 6. The summed E-state index contributed by atoms with van der Waals surface area (Å²) < 4.78 is 57.7. The first kappa shape index (κ1) is 27.6. The Labute approximate surface area is 223 Å². The maximum Gasteiger partial charge on any atom is 0.573 e. The lowest BCUT2D eigenvalue weighted by Gasteiger charge is -2.20. The van der Waals surface area contributed by atoms with Gasteiger partial charge in [-0.2, -0.15) is 0 Å². The van der Waals surface area contributed by atoms with Crippen molar-refractivity contribution < 1.29 is 36.6 Å². The van der Waals surface area contributed by atoms with Crippen LogP contribution in [-0.4, -0.2) is 35.5 Å². The van der Waals surface area contributed by atoms with Crippen LogP contribution < -0.4 is 14.2 Å². The van der Waals surface area contributed by atoms with Crippen molar-refractivity contribution in [3.63, 3.8) is 0 Å². The first-order valence-electron chi connectivity index (χ1n) is 12.3. The molecule has 0 spiro atoms. The summed E-state index contributed by atoms with van der Waals surface area (Å²) >= 11 is 0. The highest BCUT2D eigenvalue weighted by atomic mass is 19.4. The molecule has 0 N–H and O–H groups in total. The maximum absolute atomic E-state index is 12.6. The topological polar surface area (TPSA) is 74.0 Å². The molecule has 39 heavy (non-hydrogen) atoms. The number of oxazole rings is 1. The first-order chi connectivity index (χ1) is 18.7. The maximum atomic E-state index is 12.6. The average Bonchev–Trinajstić information content (AvgIpc) is 3.29. The molecule has 204 valence electrons. The third-order valence-electron chi connectivity index (χ3n) is 5.72. The number of rotatable bonds is 10. The summed E-state index contributed by atoms with van der Waals surface area (Å²) in [4.78, 5) is 18.6. The molecule has 0 unspecified atom stereocenters. The summed E-state index contributed by atoms with van der Waals surface area (Å²) in [6.45, 7) is 4.75. The molecule has 0 radical (unpaired) electrons. The number of amides is 1. The Morgan fingerprint density at radius 2 is 1.56 bits per heavy atom. The summed E-state index contributed by atoms with van der Waals surface area (Å²) in [5, 5.41) is 0. The Hall–Kier alpha value is -4.47. The number of alkyl halides is 3. The molecule has 0 fully saturated rings. The lowest BCUT2D eigenvalue weighted by Crippen LogP contribution is -2.32.